The van der Waals surface area contributed by atoms with Crippen molar-refractivity contribution in [3.8, 4) is 6.07 Å². The summed E-state index contributed by atoms with van der Waals surface area (Å²) in [5, 5.41) is 9.56. The number of unbranched alkanes of at least 4 members (excludes halogenated alkanes) is 1. The zero-order chi connectivity index (χ0) is 22.3. The Morgan fingerprint density at radius 3 is 2.68 bits per heavy atom. The monoisotopic (exact) mass is 415 g/mol. The van der Waals surface area contributed by atoms with E-state index >= 15 is 0 Å². The maximum absolute atomic E-state index is 13.2. The first kappa shape index (κ1) is 21.1. The molecule has 31 heavy (non-hydrogen) atoms. The third-order valence-corrected chi connectivity index (χ3v) is 6.79. The van der Waals surface area contributed by atoms with Gasteiger partial charge in [-0.1, -0.05) is 45.4 Å². The van der Waals surface area contributed by atoms with E-state index in [1.165, 1.54) is 21.7 Å². The van der Waals surface area contributed by atoms with Crippen LogP contribution < -0.4 is 4.90 Å². The van der Waals surface area contributed by atoms with Crippen LogP contribution in [0.1, 0.15) is 58.1 Å². The standard InChI is InChI=1S/C26H29N3O2/c1-5-6-14-29-24(30)19(17(2)20(16-27)25(29)31)12-13-22-26(3,4)21-11-7-9-18-10-8-15-28(22)23(18)21/h7,9,11-13H,5-6,8,10,14-15H2,1-4H3/b19-12-,22-13+. The van der Waals surface area contributed by atoms with E-state index < -0.39 is 5.91 Å². The molecule has 160 valence electrons. The van der Waals surface area contributed by atoms with Crippen molar-refractivity contribution in [2.45, 2.75) is 58.8 Å². The lowest BCUT2D eigenvalue weighted by molar-refractivity contribution is -0.140. The molecule has 2 amide bonds. The number of para-hydroxylation sites is 1. The number of imide groups is 1. The van der Waals surface area contributed by atoms with Gasteiger partial charge < -0.3 is 4.90 Å². The average molecular weight is 416 g/mol. The average Bonchev–Trinajstić information content (AvgIpc) is 2.97. The molecule has 0 aliphatic carbocycles. The minimum Gasteiger partial charge on any atom is -0.344 e. The normalized spacial score (nSPS) is 22.4. The molecule has 0 aromatic heterocycles. The van der Waals surface area contributed by atoms with Crippen molar-refractivity contribution in [2.75, 3.05) is 18.0 Å². The highest BCUT2D eigenvalue weighted by atomic mass is 16.2. The fourth-order valence-corrected chi connectivity index (χ4v) is 5.01. The van der Waals surface area contributed by atoms with Gasteiger partial charge in [-0.3, -0.25) is 14.5 Å². The van der Waals surface area contributed by atoms with Crippen LogP contribution in [0.15, 0.2) is 52.8 Å². The molecule has 3 heterocycles. The molecule has 0 unspecified atom stereocenters. The van der Waals surface area contributed by atoms with Crippen LogP contribution in [0, 0.1) is 11.3 Å². The summed E-state index contributed by atoms with van der Waals surface area (Å²) < 4.78 is 0. The third kappa shape index (κ3) is 3.22. The van der Waals surface area contributed by atoms with Crippen molar-refractivity contribution < 1.29 is 9.59 Å². The van der Waals surface area contributed by atoms with Gasteiger partial charge in [-0.05, 0) is 55.0 Å². The maximum atomic E-state index is 13.2. The highest BCUT2D eigenvalue weighted by molar-refractivity contribution is 6.18. The number of aryl methyl sites for hydroxylation is 1. The summed E-state index contributed by atoms with van der Waals surface area (Å²) >= 11 is 0. The summed E-state index contributed by atoms with van der Waals surface area (Å²) in [6.45, 7) is 9.44. The second-order valence-corrected chi connectivity index (χ2v) is 9.05. The van der Waals surface area contributed by atoms with Crippen molar-refractivity contribution in [2.24, 2.45) is 0 Å². The zero-order valence-corrected chi connectivity index (χ0v) is 18.8. The lowest BCUT2D eigenvalue weighted by Gasteiger charge is -2.30. The van der Waals surface area contributed by atoms with Crippen molar-refractivity contribution in [3.05, 3.63) is 63.9 Å². The molecule has 3 aliphatic rings. The molecule has 0 bridgehead atoms. The molecule has 3 aliphatic heterocycles. The zero-order valence-electron chi connectivity index (χ0n) is 18.8. The summed E-state index contributed by atoms with van der Waals surface area (Å²) in [5.41, 5.74) is 5.93. The Labute approximate surface area is 184 Å². The second-order valence-electron chi connectivity index (χ2n) is 9.05. The predicted octanol–water partition coefficient (Wildman–Crippen LogP) is 4.55. The van der Waals surface area contributed by atoms with Gasteiger partial charge in [-0.15, -0.1) is 0 Å². The van der Waals surface area contributed by atoms with Crippen molar-refractivity contribution >= 4 is 17.5 Å². The van der Waals surface area contributed by atoms with Gasteiger partial charge in [-0.25, -0.2) is 0 Å². The molecule has 0 fully saturated rings. The molecular formula is C26H29N3O2. The van der Waals surface area contributed by atoms with Gasteiger partial charge in [0.1, 0.15) is 11.6 Å². The molecule has 0 saturated carbocycles. The molecule has 0 atom stereocenters. The van der Waals surface area contributed by atoms with E-state index in [1.807, 2.05) is 25.1 Å². The van der Waals surface area contributed by atoms with E-state index in [2.05, 4.69) is 36.9 Å². The molecule has 0 N–H and O–H groups in total. The number of anilines is 1. The van der Waals surface area contributed by atoms with E-state index in [-0.39, 0.29) is 16.9 Å². The first-order valence-electron chi connectivity index (χ1n) is 11.1. The summed E-state index contributed by atoms with van der Waals surface area (Å²) in [6, 6.07) is 8.55. The lowest BCUT2D eigenvalue weighted by Crippen LogP contribution is -2.43. The van der Waals surface area contributed by atoms with Gasteiger partial charge in [0.25, 0.3) is 11.8 Å². The SMILES string of the molecule is CCCCN1C(=O)C(C#N)=C(C)/C(=C/C=C2/N3CCCc4cccc(c43)C2(C)C)C1=O. The molecule has 1 aromatic rings. The topological polar surface area (TPSA) is 64.4 Å². The fraction of sp³-hybridized carbons (Fsp3) is 0.423. The first-order chi connectivity index (χ1) is 14.8. The van der Waals surface area contributed by atoms with Crippen molar-refractivity contribution in [3.63, 3.8) is 0 Å². The quantitative estimate of drug-likeness (QED) is 0.535. The van der Waals surface area contributed by atoms with Crippen LogP contribution in [0.2, 0.25) is 0 Å². The molecule has 5 nitrogen and oxygen atoms in total. The highest BCUT2D eigenvalue weighted by Crippen LogP contribution is 2.51. The van der Waals surface area contributed by atoms with Crippen LogP contribution in [0.5, 0.6) is 0 Å². The van der Waals surface area contributed by atoms with E-state index in [1.54, 1.807) is 6.92 Å². The highest BCUT2D eigenvalue weighted by Gasteiger charge is 2.42. The van der Waals surface area contributed by atoms with Gasteiger partial charge >= 0.3 is 0 Å². The number of nitrogens with zero attached hydrogens (tertiary/aromatic N) is 3. The Hall–Kier alpha value is -3.13. The smallest absolute Gasteiger partial charge is 0.271 e. The number of allylic oxidation sites excluding steroid dienone is 3. The number of hydrogen-bond donors (Lipinski definition) is 0. The molecular weight excluding hydrogens is 386 g/mol. The third-order valence-electron chi connectivity index (χ3n) is 6.79. The molecule has 1 aromatic carbocycles. The lowest BCUT2D eigenvalue weighted by atomic mass is 9.83. The largest absolute Gasteiger partial charge is 0.344 e. The number of amides is 2. The van der Waals surface area contributed by atoms with Gasteiger partial charge in [-0.2, -0.15) is 5.26 Å². The summed E-state index contributed by atoms with van der Waals surface area (Å²) in [6.07, 6.45) is 7.61. The molecule has 0 saturated heterocycles. The number of hydrogen-bond acceptors (Lipinski definition) is 4. The Balaban J connectivity index is 1.80. The van der Waals surface area contributed by atoms with E-state index in [0.29, 0.717) is 17.7 Å². The van der Waals surface area contributed by atoms with Crippen LogP contribution in [-0.2, 0) is 21.4 Å². The summed E-state index contributed by atoms with van der Waals surface area (Å²) in [4.78, 5) is 29.4. The van der Waals surface area contributed by atoms with Gasteiger partial charge in [0.15, 0.2) is 0 Å². The minimum atomic E-state index is -0.475. The van der Waals surface area contributed by atoms with E-state index in [0.717, 1.165) is 37.9 Å². The molecule has 5 heteroatoms. The fourth-order valence-electron chi connectivity index (χ4n) is 5.01. The van der Waals surface area contributed by atoms with Gasteiger partial charge in [0.05, 0.1) is 0 Å². The molecule has 0 radical (unpaired) electrons. The number of carbonyl (C=O) groups is 2. The number of rotatable bonds is 4. The van der Waals surface area contributed by atoms with Crippen molar-refractivity contribution in [1.82, 2.24) is 4.90 Å². The number of carbonyl (C=O) groups excluding carboxylic acids is 2. The van der Waals surface area contributed by atoms with Crippen LogP contribution in [0.3, 0.4) is 0 Å². The minimum absolute atomic E-state index is 0.0644. The summed E-state index contributed by atoms with van der Waals surface area (Å²) in [7, 11) is 0. The van der Waals surface area contributed by atoms with Crippen LogP contribution >= 0.6 is 0 Å². The summed E-state index contributed by atoms with van der Waals surface area (Å²) in [5.74, 6) is -0.781. The van der Waals surface area contributed by atoms with Crippen molar-refractivity contribution in [1.29, 1.82) is 5.26 Å². The van der Waals surface area contributed by atoms with Gasteiger partial charge in [0.2, 0.25) is 0 Å². The van der Waals surface area contributed by atoms with Crippen LogP contribution in [0.25, 0.3) is 0 Å². The van der Waals surface area contributed by atoms with Crippen LogP contribution in [0.4, 0.5) is 5.69 Å². The van der Waals surface area contributed by atoms with Crippen LogP contribution in [-0.4, -0.2) is 29.8 Å². The number of nitriles is 1. The van der Waals surface area contributed by atoms with Gasteiger partial charge in [0, 0.05) is 35.5 Å². The molecule has 0 spiro atoms. The first-order valence-corrected chi connectivity index (χ1v) is 11.1. The Kier molecular flexibility index (Phi) is 5.35. The molecule has 4 rings (SSSR count). The van der Waals surface area contributed by atoms with E-state index in [4.69, 9.17) is 0 Å². The maximum Gasteiger partial charge on any atom is 0.271 e. The Morgan fingerprint density at radius 2 is 1.97 bits per heavy atom. The Bertz CT molecular complexity index is 1100. The van der Waals surface area contributed by atoms with E-state index in [9.17, 15) is 14.9 Å². The number of benzene rings is 1. The second kappa shape index (κ2) is 7.85. The Morgan fingerprint density at radius 1 is 1.19 bits per heavy atom. The predicted molar refractivity (Wildman–Crippen MR) is 121 cm³/mol.